The molecule has 0 saturated carbocycles. The Morgan fingerprint density at radius 1 is 0.395 bits per heavy atom. The number of rotatable bonds is 70. The number of amides is 1. The molecule has 10 heteroatoms. The molecule has 0 radical (unpaired) electrons. The summed E-state index contributed by atoms with van der Waals surface area (Å²) in [6.45, 7) is 7.07. The normalized spacial score (nSPS) is 13.6. The van der Waals surface area contributed by atoms with E-state index in [2.05, 4.69) is 56.5 Å². The molecule has 0 rings (SSSR count). The van der Waals surface area contributed by atoms with E-state index in [1.807, 2.05) is 27.2 Å². The fraction of sp³-hybridized carbons (Fsp3) is 0.895. The van der Waals surface area contributed by atoms with E-state index in [0.717, 1.165) is 57.8 Å². The Labute approximate surface area is 536 Å². The molecule has 508 valence electrons. The van der Waals surface area contributed by atoms with Crippen LogP contribution in [0.2, 0.25) is 0 Å². The van der Waals surface area contributed by atoms with Crippen LogP contribution in [0.4, 0.5) is 0 Å². The van der Waals surface area contributed by atoms with Crippen LogP contribution in [0.25, 0.3) is 0 Å². The third-order valence-corrected chi connectivity index (χ3v) is 18.3. The summed E-state index contributed by atoms with van der Waals surface area (Å²) in [5, 5.41) is 3.08. The van der Waals surface area contributed by atoms with Gasteiger partial charge in [-0.05, 0) is 83.1 Å². The van der Waals surface area contributed by atoms with Crippen LogP contribution in [0, 0.1) is 0 Å². The molecule has 86 heavy (non-hydrogen) atoms. The Balaban J connectivity index is 4.97. The first kappa shape index (κ1) is 84.2. The van der Waals surface area contributed by atoms with Crippen LogP contribution in [-0.2, 0) is 27.9 Å². The van der Waals surface area contributed by atoms with Crippen molar-refractivity contribution < 1.29 is 37.3 Å². The van der Waals surface area contributed by atoms with E-state index in [1.165, 1.54) is 295 Å². The molecular formula is C76H148N2O7P+. The molecule has 2 N–H and O–H groups in total. The number of nitrogens with zero attached hydrogens (tertiary/aromatic N) is 1. The Bertz CT molecular complexity index is 1560. The molecule has 0 bridgehead atoms. The average molecular weight is 1230 g/mol. The molecule has 1 amide bonds. The first-order chi connectivity index (χ1) is 41.9. The molecule has 0 spiro atoms. The molecule has 0 heterocycles. The van der Waals surface area contributed by atoms with Crippen LogP contribution in [0.1, 0.15) is 387 Å². The van der Waals surface area contributed by atoms with Crippen LogP contribution in [0.5, 0.6) is 0 Å². The minimum absolute atomic E-state index is 0.0433. The third kappa shape index (κ3) is 66.6. The molecule has 0 aromatic rings. The number of carbonyl (C=O) groups excluding carboxylic acids is 2. The van der Waals surface area contributed by atoms with Gasteiger partial charge < -0.3 is 19.4 Å². The molecule has 0 fully saturated rings. The number of carbonyl (C=O) groups is 2. The number of nitrogens with one attached hydrogen (secondary N) is 1. The number of allylic oxidation sites excluding steroid dienone is 5. The van der Waals surface area contributed by atoms with Crippen molar-refractivity contribution in [2.45, 2.75) is 399 Å². The number of esters is 1. The van der Waals surface area contributed by atoms with Gasteiger partial charge in [0.1, 0.15) is 19.3 Å². The molecule has 0 aromatic carbocycles. The van der Waals surface area contributed by atoms with Gasteiger partial charge in [-0.25, -0.2) is 4.57 Å². The molecule has 0 aromatic heterocycles. The predicted molar refractivity (Wildman–Crippen MR) is 374 cm³/mol. The second kappa shape index (κ2) is 66.2. The monoisotopic (exact) mass is 1230 g/mol. The number of hydrogen-bond donors (Lipinski definition) is 2. The van der Waals surface area contributed by atoms with Gasteiger partial charge in [-0.3, -0.25) is 18.6 Å². The van der Waals surface area contributed by atoms with Gasteiger partial charge >= 0.3 is 13.8 Å². The van der Waals surface area contributed by atoms with Gasteiger partial charge in [0.05, 0.1) is 33.8 Å². The van der Waals surface area contributed by atoms with E-state index in [4.69, 9.17) is 13.8 Å². The van der Waals surface area contributed by atoms with Crippen LogP contribution in [-0.4, -0.2) is 74.3 Å². The highest BCUT2D eigenvalue weighted by atomic mass is 31.2. The lowest BCUT2D eigenvalue weighted by atomic mass is 10.0. The zero-order chi connectivity index (χ0) is 62.8. The molecule has 3 unspecified atom stereocenters. The number of unbranched alkanes of at least 4 members (excludes halogenated alkanes) is 50. The van der Waals surface area contributed by atoms with E-state index in [-0.39, 0.29) is 25.1 Å². The smallest absolute Gasteiger partial charge is 0.456 e. The van der Waals surface area contributed by atoms with Crippen molar-refractivity contribution in [2.24, 2.45) is 0 Å². The van der Waals surface area contributed by atoms with Gasteiger partial charge in [0.2, 0.25) is 5.91 Å². The summed E-state index contributed by atoms with van der Waals surface area (Å²) in [6, 6.07) is -0.846. The highest BCUT2D eigenvalue weighted by Gasteiger charge is 2.30. The number of phosphoric acid groups is 1. The van der Waals surface area contributed by atoms with E-state index in [0.29, 0.717) is 23.9 Å². The average Bonchev–Trinajstić information content (AvgIpc) is 3.69. The lowest BCUT2D eigenvalue weighted by molar-refractivity contribution is -0.870. The molecule has 0 saturated heterocycles. The summed E-state index contributed by atoms with van der Waals surface area (Å²) in [4.78, 5) is 38.0. The van der Waals surface area contributed by atoms with E-state index >= 15 is 0 Å². The maximum Gasteiger partial charge on any atom is 0.472 e. The van der Waals surface area contributed by atoms with Gasteiger partial charge in [0, 0.05) is 12.8 Å². The maximum atomic E-state index is 13.6. The van der Waals surface area contributed by atoms with E-state index < -0.39 is 20.0 Å². The first-order valence-electron chi connectivity index (χ1n) is 37.8. The largest absolute Gasteiger partial charge is 0.472 e. The highest BCUT2D eigenvalue weighted by Crippen LogP contribution is 2.43. The summed E-state index contributed by atoms with van der Waals surface area (Å²) < 4.78 is 30.9. The summed E-state index contributed by atoms with van der Waals surface area (Å²) in [7, 11) is 1.52. The molecule has 3 atom stereocenters. The Morgan fingerprint density at radius 3 is 0.988 bits per heavy atom. The zero-order valence-corrected chi connectivity index (χ0v) is 59.2. The first-order valence-corrected chi connectivity index (χ1v) is 39.3. The fourth-order valence-electron chi connectivity index (χ4n) is 11.5. The topological polar surface area (TPSA) is 111 Å². The molecule has 0 aliphatic carbocycles. The lowest BCUT2D eigenvalue weighted by Crippen LogP contribution is -2.47. The number of likely N-dealkylation sites (N-methyl/N-ethyl adjacent to an activating group) is 1. The predicted octanol–water partition coefficient (Wildman–Crippen LogP) is 24.2. The summed E-state index contributed by atoms with van der Waals surface area (Å²) in [6.07, 6.45) is 83.1. The van der Waals surface area contributed by atoms with Crippen molar-refractivity contribution in [2.75, 3.05) is 40.9 Å². The van der Waals surface area contributed by atoms with Crippen LogP contribution in [0.3, 0.4) is 0 Å². The quantitative estimate of drug-likeness (QED) is 0.0205. The minimum atomic E-state index is -4.45. The van der Waals surface area contributed by atoms with Crippen LogP contribution < -0.4 is 5.32 Å². The Morgan fingerprint density at radius 2 is 0.674 bits per heavy atom. The Hall–Kier alpha value is -1.77. The zero-order valence-electron chi connectivity index (χ0n) is 58.3. The molecule has 0 aliphatic heterocycles. The van der Waals surface area contributed by atoms with Crippen molar-refractivity contribution in [3.05, 3.63) is 36.5 Å². The van der Waals surface area contributed by atoms with Crippen molar-refractivity contribution in [1.82, 2.24) is 5.32 Å². The minimum Gasteiger partial charge on any atom is -0.456 e. The number of quaternary nitrogens is 1. The highest BCUT2D eigenvalue weighted by molar-refractivity contribution is 7.47. The second-order valence-corrected chi connectivity index (χ2v) is 28.6. The number of ether oxygens (including phenoxy) is 1. The van der Waals surface area contributed by atoms with Gasteiger partial charge in [0.25, 0.3) is 0 Å². The van der Waals surface area contributed by atoms with Gasteiger partial charge in [-0.2, -0.15) is 0 Å². The van der Waals surface area contributed by atoms with Crippen LogP contribution in [0.15, 0.2) is 36.5 Å². The second-order valence-electron chi connectivity index (χ2n) is 27.2. The van der Waals surface area contributed by atoms with Crippen molar-refractivity contribution in [3.8, 4) is 0 Å². The summed E-state index contributed by atoms with van der Waals surface area (Å²) in [5.74, 6) is -0.483. The van der Waals surface area contributed by atoms with Gasteiger partial charge in [-0.1, -0.05) is 327 Å². The SMILES string of the molecule is CCCCCCCC/C=C/CCCCCCCCCCCCCCCCCC(=O)NC(COP(=O)(O)OCC[N+](C)(C)C)C(/C=C/CCCCCCCCCCCC)OC(=O)CCCCCCCCCCCCCCC/C=C/CCCCCCCC. The fourth-order valence-corrected chi connectivity index (χ4v) is 12.2. The third-order valence-electron chi connectivity index (χ3n) is 17.3. The van der Waals surface area contributed by atoms with Gasteiger partial charge in [-0.15, -0.1) is 0 Å². The maximum absolute atomic E-state index is 13.6. The Kier molecular flexibility index (Phi) is 64.8. The molecule has 9 nitrogen and oxygen atoms in total. The number of hydrogen-bond acceptors (Lipinski definition) is 6. The molecular weight excluding hydrogens is 1080 g/mol. The van der Waals surface area contributed by atoms with E-state index in [9.17, 15) is 19.0 Å². The van der Waals surface area contributed by atoms with E-state index in [1.54, 1.807) is 0 Å². The van der Waals surface area contributed by atoms with Crippen molar-refractivity contribution >= 4 is 19.7 Å². The standard InChI is InChI=1S/C76H147N2O7P/c1-7-10-13-16-19-22-25-28-30-32-34-36-38-39-41-42-44-46-48-50-53-56-59-62-65-68-75(79)77-73(72-84-86(81,82)83-71-70-78(4,5)6)74(67-64-61-58-55-52-27-24-21-18-15-12-9-3)85-76(80)69-66-63-60-57-54-51-49-47-45-43-40-37-35-33-31-29-26-23-20-17-14-11-8-2/h28-31,64,67,73-74H,7-27,32-63,65-66,68-72H2,1-6H3,(H-,77,79,81,82)/p+1/b30-28+,31-29+,67-64+. The molecule has 0 aliphatic rings. The van der Waals surface area contributed by atoms with Crippen LogP contribution >= 0.6 is 7.82 Å². The van der Waals surface area contributed by atoms with Crippen molar-refractivity contribution in [1.29, 1.82) is 0 Å². The van der Waals surface area contributed by atoms with Crippen molar-refractivity contribution in [3.63, 3.8) is 0 Å². The number of phosphoric ester groups is 1. The van der Waals surface area contributed by atoms with Gasteiger partial charge in [0.15, 0.2) is 0 Å². The lowest BCUT2D eigenvalue weighted by Gasteiger charge is -2.27. The summed E-state index contributed by atoms with van der Waals surface area (Å²) in [5.41, 5.74) is 0. The summed E-state index contributed by atoms with van der Waals surface area (Å²) >= 11 is 0.